The van der Waals surface area contributed by atoms with Gasteiger partial charge in [-0.05, 0) is 37.0 Å². The summed E-state index contributed by atoms with van der Waals surface area (Å²) < 4.78 is 0. The highest BCUT2D eigenvalue weighted by molar-refractivity contribution is 4.99. The van der Waals surface area contributed by atoms with Crippen LogP contribution >= 0.6 is 0 Å². The fourth-order valence-corrected chi connectivity index (χ4v) is 2.43. The Kier molecular flexibility index (Phi) is 3.03. The Bertz CT molecular complexity index is 177. The zero-order valence-corrected chi connectivity index (χ0v) is 9.01. The fraction of sp³-hybridized carbons (Fsp3) is 1.00. The van der Waals surface area contributed by atoms with Crippen molar-refractivity contribution >= 4 is 0 Å². The van der Waals surface area contributed by atoms with Crippen molar-refractivity contribution in [1.82, 2.24) is 0 Å². The summed E-state index contributed by atoms with van der Waals surface area (Å²) in [7, 11) is 0. The number of rotatable bonds is 3. The van der Waals surface area contributed by atoms with Gasteiger partial charge in [0.25, 0.3) is 0 Å². The molecule has 0 spiro atoms. The lowest BCUT2D eigenvalue weighted by Crippen LogP contribution is -2.36. The van der Waals surface area contributed by atoms with Crippen molar-refractivity contribution in [2.45, 2.75) is 52.1 Å². The third-order valence-corrected chi connectivity index (χ3v) is 3.95. The van der Waals surface area contributed by atoms with Crippen LogP contribution in [-0.2, 0) is 0 Å². The highest BCUT2D eigenvalue weighted by Crippen LogP contribution is 2.50. The standard InChI is InChI=1S/C11H22O2/c1-9-10(2,3)6-7-11(9,13)5-4-8-12/h9,12-13H,4-8H2,1-3H3/t9-,11+/m1/s1. The number of hydrogen-bond acceptors (Lipinski definition) is 2. The third-order valence-electron chi connectivity index (χ3n) is 3.95. The zero-order valence-electron chi connectivity index (χ0n) is 9.01. The van der Waals surface area contributed by atoms with Crippen molar-refractivity contribution in [3.63, 3.8) is 0 Å². The first-order valence-electron chi connectivity index (χ1n) is 5.26. The van der Waals surface area contributed by atoms with E-state index in [1.54, 1.807) is 0 Å². The minimum absolute atomic E-state index is 0.190. The Balaban J connectivity index is 2.61. The molecule has 78 valence electrons. The van der Waals surface area contributed by atoms with Gasteiger partial charge in [0.05, 0.1) is 5.60 Å². The van der Waals surface area contributed by atoms with E-state index in [0.29, 0.717) is 5.92 Å². The molecule has 0 saturated heterocycles. The smallest absolute Gasteiger partial charge is 0.0679 e. The van der Waals surface area contributed by atoms with Gasteiger partial charge in [-0.15, -0.1) is 0 Å². The first-order chi connectivity index (χ1) is 5.92. The number of aliphatic hydroxyl groups is 2. The van der Waals surface area contributed by atoms with Crippen LogP contribution in [0.15, 0.2) is 0 Å². The summed E-state index contributed by atoms with van der Waals surface area (Å²) in [5, 5.41) is 19.1. The molecule has 13 heavy (non-hydrogen) atoms. The molecule has 1 aliphatic carbocycles. The molecular weight excluding hydrogens is 164 g/mol. The van der Waals surface area contributed by atoms with E-state index in [4.69, 9.17) is 5.11 Å². The molecule has 0 heterocycles. The summed E-state index contributed by atoms with van der Waals surface area (Å²) in [5.41, 5.74) is -0.267. The average molecular weight is 186 g/mol. The second kappa shape index (κ2) is 3.58. The Labute approximate surface area is 81.0 Å². The van der Waals surface area contributed by atoms with Crippen LogP contribution in [0.5, 0.6) is 0 Å². The summed E-state index contributed by atoms with van der Waals surface area (Å²) in [5.74, 6) is 0.339. The molecule has 1 fully saturated rings. The maximum atomic E-state index is 10.3. The predicted molar refractivity (Wildman–Crippen MR) is 53.4 cm³/mol. The quantitative estimate of drug-likeness (QED) is 0.707. The molecule has 1 aliphatic rings. The van der Waals surface area contributed by atoms with Crippen molar-refractivity contribution in [3.8, 4) is 0 Å². The topological polar surface area (TPSA) is 40.5 Å². The molecule has 0 bridgehead atoms. The van der Waals surface area contributed by atoms with Gasteiger partial charge in [0.1, 0.15) is 0 Å². The van der Waals surface area contributed by atoms with E-state index in [1.165, 1.54) is 0 Å². The number of aliphatic hydroxyl groups excluding tert-OH is 1. The van der Waals surface area contributed by atoms with Crippen molar-refractivity contribution in [2.24, 2.45) is 11.3 Å². The van der Waals surface area contributed by atoms with Crippen molar-refractivity contribution in [2.75, 3.05) is 6.61 Å². The minimum atomic E-state index is -0.522. The van der Waals surface area contributed by atoms with E-state index in [1.807, 2.05) is 0 Å². The maximum Gasteiger partial charge on any atom is 0.0679 e. The minimum Gasteiger partial charge on any atom is -0.396 e. The molecule has 0 unspecified atom stereocenters. The normalized spacial score (nSPS) is 38.1. The van der Waals surface area contributed by atoms with Gasteiger partial charge in [-0.1, -0.05) is 20.8 Å². The molecular formula is C11H22O2. The SMILES string of the molecule is C[C@@H]1C(C)(C)CC[C@@]1(O)CCCO. The molecule has 0 aliphatic heterocycles. The van der Waals surface area contributed by atoms with Gasteiger partial charge < -0.3 is 10.2 Å². The highest BCUT2D eigenvalue weighted by Gasteiger charge is 2.48. The van der Waals surface area contributed by atoms with Crippen molar-refractivity contribution in [3.05, 3.63) is 0 Å². The van der Waals surface area contributed by atoms with Crippen LogP contribution in [-0.4, -0.2) is 22.4 Å². The van der Waals surface area contributed by atoms with Crippen LogP contribution in [0, 0.1) is 11.3 Å². The van der Waals surface area contributed by atoms with Gasteiger partial charge in [-0.2, -0.15) is 0 Å². The van der Waals surface area contributed by atoms with Crippen LogP contribution in [0.3, 0.4) is 0 Å². The van der Waals surface area contributed by atoms with E-state index < -0.39 is 5.60 Å². The number of hydrogen-bond donors (Lipinski definition) is 2. The van der Waals surface area contributed by atoms with Crippen LogP contribution in [0.4, 0.5) is 0 Å². The third kappa shape index (κ3) is 2.05. The lowest BCUT2D eigenvalue weighted by atomic mass is 9.77. The Hall–Kier alpha value is -0.0800. The van der Waals surface area contributed by atoms with Gasteiger partial charge >= 0.3 is 0 Å². The molecule has 0 aromatic heterocycles. The molecule has 0 aromatic carbocycles. The monoisotopic (exact) mass is 186 g/mol. The van der Waals surface area contributed by atoms with Crippen molar-refractivity contribution in [1.29, 1.82) is 0 Å². The fourth-order valence-electron chi connectivity index (χ4n) is 2.43. The second-order valence-electron chi connectivity index (χ2n) is 5.14. The second-order valence-corrected chi connectivity index (χ2v) is 5.14. The molecule has 2 atom stereocenters. The average Bonchev–Trinajstić information content (AvgIpc) is 2.28. The van der Waals surface area contributed by atoms with Crippen molar-refractivity contribution < 1.29 is 10.2 Å². The lowest BCUT2D eigenvalue weighted by molar-refractivity contribution is -0.0240. The molecule has 1 rings (SSSR count). The summed E-state index contributed by atoms with van der Waals surface area (Å²) in [6.45, 7) is 6.75. The van der Waals surface area contributed by atoms with Crippen LogP contribution in [0.1, 0.15) is 46.5 Å². The first kappa shape index (κ1) is 11.0. The summed E-state index contributed by atoms with van der Waals surface area (Å²) in [6.07, 6.45) is 3.45. The molecule has 2 nitrogen and oxygen atoms in total. The van der Waals surface area contributed by atoms with Gasteiger partial charge in [0.15, 0.2) is 0 Å². The van der Waals surface area contributed by atoms with Crippen LogP contribution in [0.2, 0.25) is 0 Å². The van der Waals surface area contributed by atoms with Gasteiger partial charge in [-0.3, -0.25) is 0 Å². The highest BCUT2D eigenvalue weighted by atomic mass is 16.3. The van der Waals surface area contributed by atoms with Crippen LogP contribution < -0.4 is 0 Å². The maximum absolute atomic E-state index is 10.3. The van der Waals surface area contributed by atoms with E-state index in [9.17, 15) is 5.11 Å². The summed E-state index contributed by atoms with van der Waals surface area (Å²) in [4.78, 5) is 0. The Morgan fingerprint density at radius 1 is 1.31 bits per heavy atom. The van der Waals surface area contributed by atoms with Gasteiger partial charge in [-0.25, -0.2) is 0 Å². The van der Waals surface area contributed by atoms with E-state index in [2.05, 4.69) is 20.8 Å². The van der Waals surface area contributed by atoms with Gasteiger partial charge in [0.2, 0.25) is 0 Å². The van der Waals surface area contributed by atoms with E-state index in [0.717, 1.165) is 25.7 Å². The summed E-state index contributed by atoms with van der Waals surface area (Å²) in [6, 6.07) is 0. The predicted octanol–water partition coefficient (Wildman–Crippen LogP) is 1.95. The van der Waals surface area contributed by atoms with E-state index >= 15 is 0 Å². The van der Waals surface area contributed by atoms with Crippen LogP contribution in [0.25, 0.3) is 0 Å². The molecule has 1 saturated carbocycles. The molecule has 0 amide bonds. The first-order valence-corrected chi connectivity index (χ1v) is 5.26. The zero-order chi connectivity index (χ0) is 10.1. The molecule has 0 aromatic rings. The Morgan fingerprint density at radius 3 is 2.31 bits per heavy atom. The molecule has 2 N–H and O–H groups in total. The van der Waals surface area contributed by atoms with Gasteiger partial charge in [0, 0.05) is 6.61 Å². The Morgan fingerprint density at radius 2 is 1.92 bits per heavy atom. The lowest BCUT2D eigenvalue weighted by Gasteiger charge is -2.33. The molecule has 2 heteroatoms. The summed E-state index contributed by atoms with van der Waals surface area (Å²) >= 11 is 0. The molecule has 0 radical (unpaired) electrons. The largest absolute Gasteiger partial charge is 0.396 e. The van der Waals surface area contributed by atoms with E-state index in [-0.39, 0.29) is 12.0 Å².